The molecule has 2 aliphatic carbocycles. The lowest BCUT2D eigenvalue weighted by molar-refractivity contribution is -0.0436. The van der Waals surface area contributed by atoms with Gasteiger partial charge in [0.2, 0.25) is 0 Å². The molecule has 0 amide bonds. The number of hydrogen-bond acceptors (Lipinski definition) is 9. The molecular formula is C43H45N3O7. The molecular weight excluding hydrogens is 670 g/mol. The van der Waals surface area contributed by atoms with Crippen LogP contribution in [0.3, 0.4) is 0 Å². The first kappa shape index (κ1) is 33.8. The van der Waals surface area contributed by atoms with Crippen molar-refractivity contribution >= 4 is 17.0 Å². The van der Waals surface area contributed by atoms with E-state index in [9.17, 15) is 15.3 Å². The van der Waals surface area contributed by atoms with Crippen molar-refractivity contribution in [3.63, 3.8) is 0 Å². The molecule has 1 aromatic heterocycles. The number of phenols is 2. The Bertz CT molecular complexity index is 2260. The van der Waals surface area contributed by atoms with Gasteiger partial charge in [-0.3, -0.25) is 5.32 Å². The van der Waals surface area contributed by atoms with Crippen molar-refractivity contribution in [2.24, 2.45) is 0 Å². The summed E-state index contributed by atoms with van der Waals surface area (Å²) in [5, 5.41) is 39.9. The summed E-state index contributed by atoms with van der Waals surface area (Å²) in [6.07, 6.45) is 5.61. The number of nitrogens with one attached hydrogen (secondary N) is 3. The van der Waals surface area contributed by atoms with Gasteiger partial charge in [0.1, 0.15) is 29.5 Å². The van der Waals surface area contributed by atoms with Gasteiger partial charge < -0.3 is 44.6 Å². The highest BCUT2D eigenvalue weighted by Crippen LogP contribution is 2.60. The summed E-state index contributed by atoms with van der Waals surface area (Å²) >= 11 is 0. The van der Waals surface area contributed by atoms with E-state index in [4.69, 9.17) is 18.9 Å². The van der Waals surface area contributed by atoms with Gasteiger partial charge in [0, 0.05) is 52.9 Å². The number of aliphatic hydroxyl groups is 1. The van der Waals surface area contributed by atoms with E-state index >= 15 is 0 Å². The predicted molar refractivity (Wildman–Crippen MR) is 203 cm³/mol. The Labute approximate surface area is 308 Å². The molecule has 4 aromatic carbocycles. The van der Waals surface area contributed by atoms with Crippen molar-refractivity contribution in [1.29, 1.82) is 0 Å². The number of phenolic OH excluding ortho intramolecular Hbond substituents is 2. The molecule has 274 valence electrons. The number of aromatic amines is 1. The Morgan fingerprint density at radius 3 is 2.55 bits per heavy atom. The summed E-state index contributed by atoms with van der Waals surface area (Å²) in [7, 11) is 5.37. The Kier molecular flexibility index (Phi) is 8.58. The van der Waals surface area contributed by atoms with Crippen molar-refractivity contribution in [2.45, 2.75) is 55.8 Å². The lowest BCUT2D eigenvalue weighted by atomic mass is 9.63. The zero-order valence-electron chi connectivity index (χ0n) is 30.2. The van der Waals surface area contributed by atoms with Crippen molar-refractivity contribution in [3.05, 3.63) is 105 Å². The summed E-state index contributed by atoms with van der Waals surface area (Å²) in [5.74, 6) is 2.31. The van der Waals surface area contributed by atoms with E-state index in [-0.39, 0.29) is 42.1 Å². The molecule has 5 atom stereocenters. The van der Waals surface area contributed by atoms with Crippen molar-refractivity contribution in [1.82, 2.24) is 15.6 Å². The highest BCUT2D eigenvalue weighted by atomic mass is 16.6. The van der Waals surface area contributed by atoms with E-state index in [1.165, 1.54) is 18.2 Å². The van der Waals surface area contributed by atoms with Gasteiger partial charge in [-0.1, -0.05) is 18.2 Å². The lowest BCUT2D eigenvalue weighted by Gasteiger charge is -2.44. The molecule has 0 spiro atoms. The number of methoxy groups -OCH3 is 1. The topological polar surface area (TPSA) is 137 Å². The van der Waals surface area contributed by atoms with E-state index in [2.05, 4.69) is 46.0 Å². The van der Waals surface area contributed by atoms with Gasteiger partial charge in [0.15, 0.2) is 17.6 Å². The Hall–Kier alpha value is -5.00. The molecule has 10 nitrogen and oxygen atoms in total. The molecule has 0 bridgehead atoms. The smallest absolute Gasteiger partial charge is 0.160 e. The molecule has 0 radical (unpaired) electrons. The Morgan fingerprint density at radius 1 is 0.887 bits per heavy atom. The molecule has 0 saturated carbocycles. The van der Waals surface area contributed by atoms with E-state index in [1.54, 1.807) is 6.07 Å². The van der Waals surface area contributed by atoms with Crippen LogP contribution in [0.5, 0.6) is 28.7 Å². The van der Waals surface area contributed by atoms with Gasteiger partial charge in [-0.25, -0.2) is 0 Å². The Balaban J connectivity index is 1.27. The molecule has 0 saturated heterocycles. The average molecular weight is 716 g/mol. The third kappa shape index (κ3) is 5.46. The van der Waals surface area contributed by atoms with Crippen LogP contribution < -0.4 is 24.8 Å². The Morgan fingerprint density at radius 2 is 1.74 bits per heavy atom. The fourth-order valence-electron chi connectivity index (χ4n) is 9.36. The van der Waals surface area contributed by atoms with E-state index in [0.717, 1.165) is 66.9 Å². The van der Waals surface area contributed by atoms with Crippen LogP contribution >= 0.6 is 0 Å². The fourth-order valence-corrected chi connectivity index (χ4v) is 9.36. The maximum atomic E-state index is 11.4. The predicted octanol–water partition coefficient (Wildman–Crippen LogP) is 6.22. The quantitative estimate of drug-likeness (QED) is 0.0984. The molecule has 6 N–H and O–H groups in total. The summed E-state index contributed by atoms with van der Waals surface area (Å²) in [6, 6.07) is 18.0. The van der Waals surface area contributed by atoms with Crippen LogP contribution in [0.15, 0.2) is 66.4 Å². The van der Waals surface area contributed by atoms with Gasteiger partial charge in [-0.2, -0.15) is 0 Å². The zero-order chi connectivity index (χ0) is 36.4. The molecule has 2 aliphatic heterocycles. The number of aromatic hydroxyl groups is 2. The van der Waals surface area contributed by atoms with E-state index in [0.29, 0.717) is 44.7 Å². The number of hydrogen-bond donors (Lipinski definition) is 6. The van der Waals surface area contributed by atoms with Gasteiger partial charge >= 0.3 is 0 Å². The van der Waals surface area contributed by atoms with Gasteiger partial charge in [-0.15, -0.1) is 0 Å². The number of benzene rings is 4. The number of ether oxygens (including phenoxy) is 4. The molecule has 10 heteroatoms. The SMILES string of the molecule is CNCOC1Cc2c3c(c4c(c2OC1c1ccc(O)c(OC)c1)CCC(CO)O4)-c1ccc(O)c2c1C(C3)C(c1ccc3[nH]ccc3c1)C(CNC)=C2. The second-order valence-electron chi connectivity index (χ2n) is 14.6. The first-order valence-corrected chi connectivity index (χ1v) is 18.5. The third-order valence-electron chi connectivity index (χ3n) is 11.7. The first-order valence-electron chi connectivity index (χ1n) is 18.5. The van der Waals surface area contributed by atoms with Crippen molar-refractivity contribution in [3.8, 4) is 39.9 Å². The molecule has 53 heavy (non-hydrogen) atoms. The second-order valence-corrected chi connectivity index (χ2v) is 14.6. The summed E-state index contributed by atoms with van der Waals surface area (Å²) in [5.41, 5.74) is 11.7. The van der Waals surface area contributed by atoms with Crippen LogP contribution in [0.1, 0.15) is 63.3 Å². The monoisotopic (exact) mass is 715 g/mol. The minimum Gasteiger partial charge on any atom is -0.507 e. The number of H-pyrrole nitrogens is 1. The van der Waals surface area contributed by atoms with Crippen molar-refractivity contribution < 1.29 is 34.3 Å². The van der Waals surface area contributed by atoms with Gasteiger partial charge in [0.25, 0.3) is 0 Å². The summed E-state index contributed by atoms with van der Waals surface area (Å²) in [4.78, 5) is 3.34. The van der Waals surface area contributed by atoms with Crippen LogP contribution in [0.2, 0.25) is 0 Å². The minimum absolute atomic E-state index is 0.0134. The maximum absolute atomic E-state index is 11.4. The highest BCUT2D eigenvalue weighted by Gasteiger charge is 2.45. The zero-order valence-corrected chi connectivity index (χ0v) is 30.2. The molecule has 4 aliphatic rings. The minimum atomic E-state index is -0.483. The average Bonchev–Trinajstić information content (AvgIpc) is 3.66. The number of aliphatic hydroxyl groups excluding tert-OH is 1. The third-order valence-corrected chi connectivity index (χ3v) is 11.7. The number of rotatable bonds is 9. The molecule has 5 aromatic rings. The normalized spacial score (nSPS) is 22.5. The summed E-state index contributed by atoms with van der Waals surface area (Å²) in [6.45, 7) is 0.921. The van der Waals surface area contributed by atoms with Crippen molar-refractivity contribution in [2.75, 3.05) is 41.1 Å². The maximum Gasteiger partial charge on any atom is 0.160 e. The van der Waals surface area contributed by atoms with Crippen LogP contribution in [0.25, 0.3) is 28.1 Å². The van der Waals surface area contributed by atoms with Gasteiger partial charge in [0.05, 0.1) is 20.4 Å². The van der Waals surface area contributed by atoms with Crippen LogP contribution in [0.4, 0.5) is 0 Å². The molecule has 3 heterocycles. The first-order chi connectivity index (χ1) is 25.9. The van der Waals surface area contributed by atoms with Crippen LogP contribution in [-0.4, -0.2) is 73.6 Å². The lowest BCUT2D eigenvalue weighted by Crippen LogP contribution is -2.38. The van der Waals surface area contributed by atoms with Gasteiger partial charge in [-0.05, 0) is 121 Å². The largest absolute Gasteiger partial charge is 0.507 e. The number of fused-ring (bicyclic) bond motifs is 8. The standard InChI is InChI=1S/C43H45N3O7/c1-44-19-25-15-31-34(48)11-8-27-39(31)32(38(25)23-4-9-33-22(14-23)12-13-46-33)17-29-30-18-37(51-21-45-2)41(24-5-10-35(49)36(16-24)50-3)53-42(30)28-7-6-26(20-47)52-43(28)40(27)29/h4-5,8-16,26,32,37-38,41,44-49H,6-7,17-21H2,1-3H3. The highest BCUT2D eigenvalue weighted by molar-refractivity contribution is 5.90. The molecule has 9 rings (SSSR count). The fraction of sp³-hybridized carbons (Fsp3) is 0.349. The molecule has 5 unspecified atom stereocenters. The molecule has 0 fully saturated rings. The van der Waals surface area contributed by atoms with E-state index in [1.807, 2.05) is 44.6 Å². The van der Waals surface area contributed by atoms with Crippen LogP contribution in [-0.2, 0) is 24.0 Å². The van der Waals surface area contributed by atoms with Crippen LogP contribution in [0, 0.1) is 0 Å². The number of aromatic nitrogens is 1. The number of likely N-dealkylation sites (N-methyl/N-ethyl adjacent to an activating group) is 1. The summed E-state index contributed by atoms with van der Waals surface area (Å²) < 4.78 is 25.9. The second kappa shape index (κ2) is 13.4. The van der Waals surface area contributed by atoms with E-state index < -0.39 is 6.10 Å².